The van der Waals surface area contributed by atoms with Crippen molar-refractivity contribution in [3.8, 4) is 5.75 Å². The number of hydrogen-bond donors (Lipinski definition) is 1. The number of hydrogen-bond acceptors (Lipinski definition) is 0. The minimum Gasteiger partial charge on any atom is -0.572 e. The number of rotatable bonds is 2. The molecule has 3 heterocycles. The molecule has 23 heavy (non-hydrogen) atoms. The minimum absolute atomic E-state index is 0.489. The quantitative estimate of drug-likeness (QED) is 0.628. The lowest BCUT2D eigenvalue weighted by molar-refractivity contribution is -0.0110. The van der Waals surface area contributed by atoms with Gasteiger partial charge in [-0.2, -0.15) is 0 Å². The largest absolute Gasteiger partial charge is 0.572 e. The molecule has 0 bridgehead atoms. The smallest absolute Gasteiger partial charge is 0.256 e. The van der Waals surface area contributed by atoms with Crippen molar-refractivity contribution in [1.29, 1.82) is 0 Å². The van der Waals surface area contributed by atoms with Crippen molar-refractivity contribution in [1.82, 2.24) is 4.98 Å². The van der Waals surface area contributed by atoms with E-state index in [2.05, 4.69) is 45.7 Å². The maximum Gasteiger partial charge on any atom is 0.256 e. The van der Waals surface area contributed by atoms with Crippen LogP contribution in [0.1, 0.15) is 25.7 Å². The third-order valence-corrected chi connectivity index (χ3v) is 7.75. The van der Waals surface area contributed by atoms with Gasteiger partial charge in [-0.25, -0.2) is 0 Å². The molecule has 0 unspecified atom stereocenters. The topological polar surface area (TPSA) is 18.5 Å². The Balaban J connectivity index is 1.64. The Morgan fingerprint density at radius 3 is 2.26 bits per heavy atom. The molecule has 1 aromatic heterocycles. The highest BCUT2D eigenvalue weighted by atomic mass is 32.2. The van der Waals surface area contributed by atoms with Crippen LogP contribution in [0, 0.1) is 0 Å². The molecule has 0 atom stereocenters. The van der Waals surface area contributed by atoms with Crippen LogP contribution in [0.25, 0.3) is 21.8 Å². The van der Waals surface area contributed by atoms with E-state index in [9.17, 15) is 0 Å². The van der Waals surface area contributed by atoms with Crippen LogP contribution in [0.15, 0.2) is 41.3 Å². The van der Waals surface area contributed by atoms with E-state index >= 15 is 0 Å². The van der Waals surface area contributed by atoms with Crippen molar-refractivity contribution in [2.45, 2.75) is 30.6 Å². The highest BCUT2D eigenvalue weighted by Gasteiger charge is 2.27. The van der Waals surface area contributed by atoms with Crippen LogP contribution >= 0.6 is 0 Å². The fraction of sp³-hybridized carbons (Fsp3) is 0.400. The van der Waals surface area contributed by atoms with E-state index in [-0.39, 0.29) is 0 Å². The fourth-order valence-electron chi connectivity index (χ4n) is 4.00. The molecule has 0 spiro atoms. The van der Waals surface area contributed by atoms with Gasteiger partial charge in [-0.3, -0.25) is 0 Å². The lowest BCUT2D eigenvalue weighted by Gasteiger charge is -2.17. The highest BCUT2D eigenvalue weighted by Crippen LogP contribution is 2.36. The lowest BCUT2D eigenvalue weighted by Crippen LogP contribution is -2.03. The minimum atomic E-state index is 0.489. The van der Waals surface area contributed by atoms with E-state index in [1.54, 1.807) is 4.90 Å². The third kappa shape index (κ3) is 2.33. The SMILES string of the molecule is c1cc2[nH]c3ccc([S+]4CCCC4)cc3c2cc1[O+]1CCCC1. The van der Waals surface area contributed by atoms with Gasteiger partial charge >= 0.3 is 0 Å². The standard InChI is InChI=1S/C20H23NOS/c1-2-10-22(9-1)15-5-7-19-17(13-15)18-14-16(6-8-20(18)21-19)23-11-3-4-12-23/h5-8,13-14,21H,1-4,9-12H2/q+2. The summed E-state index contributed by atoms with van der Waals surface area (Å²) in [5.41, 5.74) is 2.53. The van der Waals surface area contributed by atoms with Gasteiger partial charge in [0.25, 0.3) is 5.75 Å². The molecule has 3 aromatic rings. The summed E-state index contributed by atoms with van der Waals surface area (Å²) in [6.07, 6.45) is 5.41. The van der Waals surface area contributed by atoms with E-state index in [1.807, 2.05) is 0 Å². The Hall–Kier alpha value is -1.61. The highest BCUT2D eigenvalue weighted by molar-refractivity contribution is 7.97. The number of aromatic nitrogens is 1. The summed E-state index contributed by atoms with van der Waals surface area (Å²) in [5, 5.41) is 2.78. The molecular weight excluding hydrogens is 302 g/mol. The Morgan fingerprint density at radius 1 is 0.783 bits per heavy atom. The van der Waals surface area contributed by atoms with E-state index in [1.165, 1.54) is 64.7 Å². The second-order valence-corrected chi connectivity index (χ2v) is 9.03. The van der Waals surface area contributed by atoms with Gasteiger partial charge in [-0.1, -0.05) is 0 Å². The first-order chi connectivity index (χ1) is 11.4. The Labute approximate surface area is 139 Å². The van der Waals surface area contributed by atoms with Crippen LogP contribution in [0.3, 0.4) is 0 Å². The second-order valence-electron chi connectivity index (χ2n) is 6.76. The van der Waals surface area contributed by atoms with Crippen molar-refractivity contribution < 1.29 is 4.37 Å². The molecule has 2 aliphatic heterocycles. The second kappa shape index (κ2) is 5.48. The molecule has 2 aromatic carbocycles. The van der Waals surface area contributed by atoms with Gasteiger partial charge in [-0.15, -0.1) is 0 Å². The van der Waals surface area contributed by atoms with Crippen LogP contribution in [-0.2, 0) is 15.3 Å². The molecule has 0 amide bonds. The summed E-state index contributed by atoms with van der Waals surface area (Å²) in [4.78, 5) is 5.15. The molecule has 3 heteroatoms. The van der Waals surface area contributed by atoms with Crippen LogP contribution in [-0.4, -0.2) is 29.7 Å². The molecule has 0 radical (unpaired) electrons. The van der Waals surface area contributed by atoms with Crippen molar-refractivity contribution in [3.63, 3.8) is 0 Å². The van der Waals surface area contributed by atoms with Gasteiger partial charge < -0.3 is 9.35 Å². The zero-order valence-electron chi connectivity index (χ0n) is 13.4. The van der Waals surface area contributed by atoms with Gasteiger partial charge in [0.1, 0.15) is 11.5 Å². The van der Waals surface area contributed by atoms with Crippen LogP contribution in [0.4, 0.5) is 0 Å². The number of nitrogens with one attached hydrogen (secondary N) is 1. The van der Waals surface area contributed by atoms with E-state index in [0.717, 1.165) is 13.2 Å². The Kier molecular flexibility index (Phi) is 3.29. The summed E-state index contributed by atoms with van der Waals surface area (Å²) in [6, 6.07) is 14.0. The lowest BCUT2D eigenvalue weighted by atomic mass is 10.1. The average Bonchev–Trinajstić information content (AvgIpc) is 3.33. The van der Waals surface area contributed by atoms with Gasteiger partial charge in [0, 0.05) is 63.7 Å². The zero-order valence-corrected chi connectivity index (χ0v) is 14.3. The Morgan fingerprint density at radius 2 is 1.48 bits per heavy atom. The Bertz CT molecular complexity index is 786. The first-order valence-corrected chi connectivity index (χ1v) is 10.4. The molecule has 0 saturated carbocycles. The summed E-state index contributed by atoms with van der Waals surface area (Å²) >= 11 is 0. The number of fused-ring (bicyclic) bond motifs is 3. The number of aromatic amines is 1. The van der Waals surface area contributed by atoms with Gasteiger partial charge in [0.05, 0.1) is 0 Å². The predicted octanol–water partition coefficient (Wildman–Crippen LogP) is 5.15. The summed E-state index contributed by atoms with van der Waals surface area (Å²) in [6.45, 7) is 2.26. The summed E-state index contributed by atoms with van der Waals surface area (Å²) in [7, 11) is 0.489. The molecule has 118 valence electrons. The van der Waals surface area contributed by atoms with Crippen molar-refractivity contribution in [2.75, 3.05) is 24.7 Å². The van der Waals surface area contributed by atoms with Gasteiger partial charge in [0.15, 0.2) is 18.1 Å². The molecule has 2 saturated heterocycles. The monoisotopic (exact) mass is 325 g/mol. The first-order valence-electron chi connectivity index (χ1n) is 8.79. The third-order valence-electron chi connectivity index (χ3n) is 5.27. The van der Waals surface area contributed by atoms with E-state index in [4.69, 9.17) is 0 Å². The average molecular weight is 325 g/mol. The number of benzene rings is 2. The van der Waals surface area contributed by atoms with Crippen molar-refractivity contribution >= 4 is 32.7 Å². The molecule has 2 aliphatic rings. The van der Waals surface area contributed by atoms with E-state index < -0.39 is 0 Å². The maximum absolute atomic E-state index is 3.59. The van der Waals surface area contributed by atoms with Gasteiger partial charge in [0.2, 0.25) is 0 Å². The molecule has 2 nitrogen and oxygen atoms in total. The first kappa shape index (κ1) is 13.8. The molecule has 2 fully saturated rings. The summed E-state index contributed by atoms with van der Waals surface area (Å²) in [5.74, 6) is 4.09. The van der Waals surface area contributed by atoms with E-state index in [0.29, 0.717) is 10.9 Å². The zero-order chi connectivity index (χ0) is 15.2. The number of H-pyrrole nitrogens is 1. The molecule has 0 aliphatic carbocycles. The fourth-order valence-corrected chi connectivity index (χ4v) is 6.32. The maximum atomic E-state index is 3.59. The van der Waals surface area contributed by atoms with Crippen LogP contribution in [0.5, 0.6) is 5.75 Å². The molecule has 1 N–H and O–H groups in total. The molecule has 5 rings (SSSR count). The summed E-state index contributed by atoms with van der Waals surface area (Å²) < 4.78 is 3.40. The van der Waals surface area contributed by atoms with Gasteiger partial charge in [-0.05, 0) is 31.0 Å². The van der Waals surface area contributed by atoms with Crippen molar-refractivity contribution in [3.05, 3.63) is 36.4 Å². The predicted molar refractivity (Wildman–Crippen MR) is 99.9 cm³/mol. The van der Waals surface area contributed by atoms with Crippen molar-refractivity contribution in [2.24, 2.45) is 0 Å². The van der Waals surface area contributed by atoms with Crippen LogP contribution < -0.4 is 0 Å². The normalized spacial score (nSPS) is 19.4. The van der Waals surface area contributed by atoms with Crippen LogP contribution in [0.2, 0.25) is 0 Å². The molecular formula is C20H23NOS+2.